The molecule has 1 aliphatic rings. The topological polar surface area (TPSA) is 109 Å². The quantitative estimate of drug-likeness (QED) is 0.0835. The van der Waals surface area contributed by atoms with Crippen molar-refractivity contribution in [1.82, 2.24) is 0 Å². The van der Waals surface area contributed by atoms with Crippen LogP contribution in [0.3, 0.4) is 0 Å². The van der Waals surface area contributed by atoms with E-state index in [1.54, 1.807) is 30.3 Å². The molecule has 1 amide bonds. The van der Waals surface area contributed by atoms with Crippen LogP contribution in [0, 0.1) is 15.5 Å². The van der Waals surface area contributed by atoms with Crippen LogP contribution in [0.1, 0.15) is 27.8 Å². The maximum absolute atomic E-state index is 12.0. The maximum atomic E-state index is 12.0. The Labute approximate surface area is 248 Å². The highest BCUT2D eigenvalue weighted by Crippen LogP contribution is 2.41. The number of hydrogen-bond acceptors (Lipinski definition) is 6. The van der Waals surface area contributed by atoms with Gasteiger partial charge in [0, 0.05) is 34.6 Å². The first-order valence-corrected chi connectivity index (χ1v) is 13.8. The van der Waals surface area contributed by atoms with Crippen LogP contribution < -0.4 is 10.2 Å². The Kier molecular flexibility index (Phi) is 7.41. The van der Waals surface area contributed by atoms with Gasteiger partial charge in [-0.2, -0.15) is 0 Å². The number of nitrogens with zero attached hydrogens (tertiary/aromatic N) is 2. The lowest BCUT2D eigenvalue weighted by atomic mass is 9.76. The highest BCUT2D eigenvalue weighted by Gasteiger charge is 2.37. The molecule has 6 rings (SSSR count). The summed E-state index contributed by atoms with van der Waals surface area (Å²) in [6, 6.07) is 41.6. The number of carbonyl (C=O) groups is 1. The number of rotatable bonds is 9. The molecule has 0 radical (unpaired) electrons. The average molecular weight is 569 g/mol. The Hall–Kier alpha value is -5.76. The lowest BCUT2D eigenvalue weighted by molar-refractivity contribution is -0.384. The summed E-state index contributed by atoms with van der Waals surface area (Å²) in [6.07, 6.45) is -0.410. The number of nitrogens with one attached hydrogen (secondary N) is 2. The number of benzene rings is 5. The van der Waals surface area contributed by atoms with Gasteiger partial charge in [-0.05, 0) is 34.9 Å². The lowest BCUT2D eigenvalue weighted by Gasteiger charge is -2.38. The summed E-state index contributed by atoms with van der Waals surface area (Å²) in [5.74, 6) is 0. The van der Waals surface area contributed by atoms with Crippen molar-refractivity contribution in [3.05, 3.63) is 171 Å². The monoisotopic (exact) mass is 568 g/mol. The molecule has 1 aliphatic heterocycles. The highest BCUT2D eigenvalue weighted by atomic mass is 16.6. The average Bonchev–Trinajstić information content (AvgIpc) is 3.50. The number of carbonyl (C=O) groups excluding carboxylic acids is 1. The van der Waals surface area contributed by atoms with Crippen LogP contribution in [-0.4, -0.2) is 29.9 Å². The van der Waals surface area contributed by atoms with E-state index in [1.165, 1.54) is 17.0 Å². The van der Waals surface area contributed by atoms with Gasteiger partial charge in [0.2, 0.25) is 0 Å². The van der Waals surface area contributed by atoms with Crippen molar-refractivity contribution in [3.8, 4) is 0 Å². The fraction of sp³-hybridized carbons (Fsp3) is 0.0857. The maximum Gasteiger partial charge on any atom is 0.414 e. The van der Waals surface area contributed by atoms with Gasteiger partial charge < -0.3 is 10.1 Å². The van der Waals surface area contributed by atoms with Crippen molar-refractivity contribution in [2.45, 2.75) is 5.54 Å². The van der Waals surface area contributed by atoms with E-state index in [4.69, 9.17) is 4.74 Å². The molecular weight excluding hydrogens is 540 g/mol. The minimum absolute atomic E-state index is 0.102. The van der Waals surface area contributed by atoms with Gasteiger partial charge in [0.15, 0.2) is 0 Å². The normalized spacial score (nSPS) is 12.9. The third-order valence-electron chi connectivity index (χ3n) is 7.65. The number of non-ortho nitro benzene ring substituents is 1. The molecule has 2 N–H and O–H groups in total. The summed E-state index contributed by atoms with van der Waals surface area (Å²) in [5, 5.41) is 24.8. The molecule has 43 heavy (non-hydrogen) atoms. The Morgan fingerprint density at radius 3 is 1.79 bits per heavy atom. The van der Waals surface area contributed by atoms with E-state index in [2.05, 4.69) is 5.32 Å². The molecule has 8 nitrogen and oxygen atoms in total. The second kappa shape index (κ2) is 11.6. The number of amides is 1. The second-order valence-corrected chi connectivity index (χ2v) is 10.1. The van der Waals surface area contributed by atoms with Crippen molar-refractivity contribution >= 4 is 28.9 Å². The predicted molar refractivity (Wildman–Crippen MR) is 167 cm³/mol. The van der Waals surface area contributed by atoms with Crippen molar-refractivity contribution in [2.75, 3.05) is 23.4 Å². The number of ether oxygens (including phenoxy) is 1. The van der Waals surface area contributed by atoms with Crippen LogP contribution in [-0.2, 0) is 10.3 Å². The minimum Gasteiger partial charge on any atom is -0.447 e. The third-order valence-corrected chi connectivity index (χ3v) is 7.65. The van der Waals surface area contributed by atoms with Crippen molar-refractivity contribution < 1.29 is 14.5 Å². The Bertz CT molecular complexity index is 1680. The molecule has 0 atom stereocenters. The van der Waals surface area contributed by atoms with Crippen LogP contribution in [0.2, 0.25) is 0 Å². The standard InChI is InChI=1S/C35H28N4O4/c36-33(25-16-18-29(19-17-25)38-22-23-43-34(38)40)31-24-30(39(41)42)20-21-32(31)37-35(26-10-4-1-5-11-26,27-12-6-2-7-13-27)28-14-8-3-9-15-28/h1-21,24,36-37H,22-23H2. The molecule has 1 saturated heterocycles. The first-order valence-electron chi connectivity index (χ1n) is 13.8. The number of anilines is 2. The Morgan fingerprint density at radius 1 is 0.791 bits per heavy atom. The Morgan fingerprint density at radius 2 is 1.33 bits per heavy atom. The largest absolute Gasteiger partial charge is 0.447 e. The fourth-order valence-electron chi connectivity index (χ4n) is 5.54. The molecule has 0 aromatic heterocycles. The van der Waals surface area contributed by atoms with Crippen LogP contribution in [0.5, 0.6) is 0 Å². The fourth-order valence-corrected chi connectivity index (χ4v) is 5.54. The molecule has 8 heteroatoms. The van der Waals surface area contributed by atoms with Crippen LogP contribution in [0.25, 0.3) is 0 Å². The molecule has 5 aromatic carbocycles. The van der Waals surface area contributed by atoms with Crippen molar-refractivity contribution in [1.29, 1.82) is 5.41 Å². The number of hydrogen-bond donors (Lipinski definition) is 2. The molecule has 1 heterocycles. The van der Waals surface area contributed by atoms with E-state index < -0.39 is 16.6 Å². The summed E-state index contributed by atoms with van der Waals surface area (Å²) < 4.78 is 5.05. The summed E-state index contributed by atoms with van der Waals surface area (Å²) in [7, 11) is 0. The molecule has 0 aliphatic carbocycles. The van der Waals surface area contributed by atoms with E-state index >= 15 is 0 Å². The molecule has 0 unspecified atom stereocenters. The third kappa shape index (κ3) is 5.22. The van der Waals surface area contributed by atoms with Crippen molar-refractivity contribution in [3.63, 3.8) is 0 Å². The number of nitro groups is 1. The van der Waals surface area contributed by atoms with E-state index in [9.17, 15) is 20.3 Å². The molecule has 0 spiro atoms. The van der Waals surface area contributed by atoms with Gasteiger partial charge in [0.1, 0.15) is 12.1 Å². The van der Waals surface area contributed by atoms with Gasteiger partial charge in [-0.1, -0.05) is 103 Å². The van der Waals surface area contributed by atoms with Gasteiger partial charge in [-0.25, -0.2) is 4.79 Å². The Balaban J connectivity index is 1.50. The van der Waals surface area contributed by atoms with Gasteiger partial charge in [0.05, 0.1) is 17.2 Å². The molecule has 0 bridgehead atoms. The van der Waals surface area contributed by atoms with Crippen molar-refractivity contribution in [2.24, 2.45) is 0 Å². The molecule has 5 aromatic rings. The smallest absolute Gasteiger partial charge is 0.414 e. The van der Waals surface area contributed by atoms with E-state index in [0.29, 0.717) is 35.7 Å². The molecular formula is C35H28N4O4. The SMILES string of the molecule is N=C(c1ccc(N2CCOC2=O)cc1)c1cc([N+](=O)[O-])ccc1NC(c1ccccc1)(c1ccccc1)c1ccccc1. The summed E-state index contributed by atoms with van der Waals surface area (Å²) in [6.45, 7) is 0.778. The zero-order valence-corrected chi connectivity index (χ0v) is 23.1. The van der Waals surface area contributed by atoms with Crippen LogP contribution in [0.4, 0.5) is 21.9 Å². The number of cyclic esters (lactones) is 1. The molecule has 212 valence electrons. The zero-order chi connectivity index (χ0) is 29.8. The van der Waals surface area contributed by atoms with E-state index in [1.807, 2.05) is 91.0 Å². The van der Waals surface area contributed by atoms with Crippen LogP contribution >= 0.6 is 0 Å². The molecule has 1 fully saturated rings. The number of nitro benzene ring substituents is 1. The van der Waals surface area contributed by atoms with E-state index in [-0.39, 0.29) is 11.4 Å². The van der Waals surface area contributed by atoms with Gasteiger partial charge in [-0.15, -0.1) is 0 Å². The van der Waals surface area contributed by atoms with Gasteiger partial charge in [-0.3, -0.25) is 20.4 Å². The summed E-state index contributed by atoms with van der Waals surface area (Å²) in [4.78, 5) is 25.0. The lowest BCUT2D eigenvalue weighted by Crippen LogP contribution is -2.38. The first-order chi connectivity index (χ1) is 21.0. The predicted octanol–water partition coefficient (Wildman–Crippen LogP) is 7.37. The second-order valence-electron chi connectivity index (χ2n) is 10.1. The van der Waals surface area contributed by atoms with Gasteiger partial charge in [0.25, 0.3) is 5.69 Å². The zero-order valence-electron chi connectivity index (χ0n) is 23.1. The molecule has 0 saturated carbocycles. The summed E-state index contributed by atoms with van der Waals surface area (Å²) >= 11 is 0. The van der Waals surface area contributed by atoms with Crippen LogP contribution in [0.15, 0.2) is 133 Å². The first kappa shape index (κ1) is 27.4. The highest BCUT2D eigenvalue weighted by molar-refractivity contribution is 6.14. The van der Waals surface area contributed by atoms with E-state index in [0.717, 1.165) is 16.7 Å². The minimum atomic E-state index is -0.894. The van der Waals surface area contributed by atoms with Gasteiger partial charge >= 0.3 is 6.09 Å². The summed E-state index contributed by atoms with van der Waals surface area (Å²) in [5.41, 5.74) is 4.11.